The molecule has 0 bridgehead atoms. The zero-order valence-electron chi connectivity index (χ0n) is 10.0. The Hall–Kier alpha value is -2.05. The molecule has 0 saturated carbocycles. The number of hydrogen-bond donors (Lipinski definition) is 1. The van der Waals surface area contributed by atoms with Crippen LogP contribution in [0.4, 0.5) is 13.2 Å². The maximum Gasteiger partial charge on any atom is 0.433 e. The van der Waals surface area contributed by atoms with Gasteiger partial charge in [-0.2, -0.15) is 13.2 Å². The molecule has 2 N–H and O–H groups in total. The second-order valence-corrected chi connectivity index (χ2v) is 3.69. The van der Waals surface area contributed by atoms with Crippen LogP contribution in [0.2, 0.25) is 0 Å². The minimum atomic E-state index is -4.60. The number of carbonyl (C=O) groups excluding carboxylic acids is 1. The van der Waals surface area contributed by atoms with Crippen LogP contribution in [0.5, 0.6) is 5.88 Å². The summed E-state index contributed by atoms with van der Waals surface area (Å²) >= 11 is 0. The molecular formula is C12H13F3N2O2. The van der Waals surface area contributed by atoms with Crippen molar-refractivity contribution in [2.45, 2.75) is 19.0 Å². The number of nitrogens with two attached hydrogens (primary N) is 1. The molecule has 0 radical (unpaired) electrons. The number of alkyl halides is 3. The first-order valence-electron chi connectivity index (χ1n) is 5.48. The summed E-state index contributed by atoms with van der Waals surface area (Å²) in [6, 6.07) is 1.65. The van der Waals surface area contributed by atoms with Gasteiger partial charge in [0.1, 0.15) is 11.3 Å². The first-order chi connectivity index (χ1) is 8.86. The molecule has 4 nitrogen and oxygen atoms in total. The van der Waals surface area contributed by atoms with Crippen molar-refractivity contribution in [3.8, 4) is 5.88 Å². The van der Waals surface area contributed by atoms with Crippen LogP contribution in [0.3, 0.4) is 0 Å². The number of pyridine rings is 1. The maximum atomic E-state index is 12.5. The van der Waals surface area contributed by atoms with E-state index in [0.29, 0.717) is 18.9 Å². The number of primary amides is 1. The number of aromatic nitrogens is 1. The molecule has 104 valence electrons. The normalized spacial score (nSPS) is 11.1. The van der Waals surface area contributed by atoms with Crippen molar-refractivity contribution in [2.75, 3.05) is 6.61 Å². The van der Waals surface area contributed by atoms with Gasteiger partial charge in [0.05, 0.1) is 6.61 Å². The third-order valence-corrected chi connectivity index (χ3v) is 2.21. The van der Waals surface area contributed by atoms with E-state index in [2.05, 4.69) is 11.6 Å². The molecule has 0 atom stereocenters. The van der Waals surface area contributed by atoms with Gasteiger partial charge in [0.2, 0.25) is 5.88 Å². The van der Waals surface area contributed by atoms with Gasteiger partial charge < -0.3 is 10.5 Å². The van der Waals surface area contributed by atoms with Gasteiger partial charge in [-0.05, 0) is 25.0 Å². The second kappa shape index (κ2) is 6.21. The van der Waals surface area contributed by atoms with Gasteiger partial charge in [-0.1, -0.05) is 6.08 Å². The minimum Gasteiger partial charge on any atom is -0.477 e. The van der Waals surface area contributed by atoms with Crippen molar-refractivity contribution in [3.05, 3.63) is 36.0 Å². The number of hydrogen-bond acceptors (Lipinski definition) is 3. The van der Waals surface area contributed by atoms with E-state index in [1.165, 1.54) is 0 Å². The highest BCUT2D eigenvalue weighted by Crippen LogP contribution is 2.30. The summed E-state index contributed by atoms with van der Waals surface area (Å²) in [7, 11) is 0. The van der Waals surface area contributed by atoms with Crippen molar-refractivity contribution in [1.82, 2.24) is 4.98 Å². The Morgan fingerprint density at radius 3 is 2.68 bits per heavy atom. The lowest BCUT2D eigenvalue weighted by atomic mass is 10.2. The van der Waals surface area contributed by atoms with Gasteiger partial charge in [-0.25, -0.2) is 4.98 Å². The molecule has 0 fully saturated rings. The lowest BCUT2D eigenvalue weighted by Crippen LogP contribution is -2.17. The van der Waals surface area contributed by atoms with Gasteiger partial charge in [-0.3, -0.25) is 4.79 Å². The van der Waals surface area contributed by atoms with Crippen molar-refractivity contribution in [1.29, 1.82) is 0 Å². The predicted molar refractivity (Wildman–Crippen MR) is 62.7 cm³/mol. The highest BCUT2D eigenvalue weighted by molar-refractivity contribution is 5.95. The number of amides is 1. The topological polar surface area (TPSA) is 65.2 Å². The monoisotopic (exact) mass is 274 g/mol. The molecule has 1 aromatic heterocycles. The summed E-state index contributed by atoms with van der Waals surface area (Å²) in [5.74, 6) is -1.29. The van der Waals surface area contributed by atoms with E-state index in [9.17, 15) is 18.0 Å². The van der Waals surface area contributed by atoms with E-state index in [0.717, 1.165) is 6.07 Å². The van der Waals surface area contributed by atoms with Crippen LogP contribution in [0, 0.1) is 0 Å². The molecule has 0 aromatic carbocycles. The predicted octanol–water partition coefficient (Wildman–Crippen LogP) is 2.54. The number of nitrogens with zero attached hydrogens (tertiary/aromatic N) is 1. The molecule has 0 aliphatic rings. The molecule has 0 aliphatic carbocycles. The van der Waals surface area contributed by atoms with Crippen molar-refractivity contribution >= 4 is 5.91 Å². The van der Waals surface area contributed by atoms with Crippen LogP contribution in [0.15, 0.2) is 24.8 Å². The van der Waals surface area contributed by atoms with Crippen molar-refractivity contribution in [2.24, 2.45) is 5.73 Å². The Morgan fingerprint density at radius 2 is 2.16 bits per heavy atom. The summed E-state index contributed by atoms with van der Waals surface area (Å²) in [5.41, 5.74) is 3.74. The third-order valence-electron chi connectivity index (χ3n) is 2.21. The lowest BCUT2D eigenvalue weighted by molar-refractivity contribution is -0.141. The second-order valence-electron chi connectivity index (χ2n) is 3.69. The molecule has 1 heterocycles. The number of rotatable bonds is 6. The molecule has 1 rings (SSSR count). The highest BCUT2D eigenvalue weighted by Gasteiger charge is 2.33. The number of unbranched alkanes of at least 4 members (excludes halogenated alkanes) is 1. The SMILES string of the molecule is C=CCCCOc1nc(C(F)(F)F)ccc1C(N)=O. The fraction of sp³-hybridized carbons (Fsp3) is 0.333. The molecule has 0 aliphatic heterocycles. The van der Waals surface area contributed by atoms with E-state index < -0.39 is 23.7 Å². The van der Waals surface area contributed by atoms with Crippen LogP contribution in [-0.2, 0) is 6.18 Å². The third kappa shape index (κ3) is 4.27. The van der Waals surface area contributed by atoms with Crippen molar-refractivity contribution < 1.29 is 22.7 Å². The van der Waals surface area contributed by atoms with E-state index >= 15 is 0 Å². The van der Waals surface area contributed by atoms with E-state index in [4.69, 9.17) is 10.5 Å². The molecular weight excluding hydrogens is 261 g/mol. The van der Waals surface area contributed by atoms with Gasteiger partial charge >= 0.3 is 6.18 Å². The number of allylic oxidation sites excluding steroid dienone is 1. The Labute approximate surface area is 108 Å². The highest BCUT2D eigenvalue weighted by atomic mass is 19.4. The van der Waals surface area contributed by atoms with Crippen LogP contribution in [0.1, 0.15) is 28.9 Å². The Bertz CT molecular complexity index is 473. The summed E-state index contributed by atoms with van der Waals surface area (Å²) in [5, 5.41) is 0. The zero-order valence-corrected chi connectivity index (χ0v) is 10.0. The summed E-state index contributed by atoms with van der Waals surface area (Å²) in [6.07, 6.45) is -1.75. The Balaban J connectivity index is 2.95. The molecule has 1 amide bonds. The van der Waals surface area contributed by atoms with Gasteiger partial charge in [0, 0.05) is 0 Å². The standard InChI is InChI=1S/C12H13F3N2O2/c1-2-3-4-7-19-11-8(10(16)18)5-6-9(17-11)12(13,14)15/h2,5-6H,1,3-4,7H2,(H2,16,18). The summed E-state index contributed by atoms with van der Waals surface area (Å²) in [6.45, 7) is 3.63. The lowest BCUT2D eigenvalue weighted by Gasteiger charge is -2.11. The number of ether oxygens (including phenoxy) is 1. The van der Waals surface area contributed by atoms with E-state index in [1.807, 2.05) is 0 Å². The fourth-order valence-corrected chi connectivity index (χ4v) is 1.29. The van der Waals surface area contributed by atoms with E-state index in [1.54, 1.807) is 6.08 Å². The molecule has 19 heavy (non-hydrogen) atoms. The zero-order chi connectivity index (χ0) is 14.5. The van der Waals surface area contributed by atoms with E-state index in [-0.39, 0.29) is 12.2 Å². The van der Waals surface area contributed by atoms with Gasteiger partial charge in [-0.15, -0.1) is 6.58 Å². The molecule has 0 spiro atoms. The average molecular weight is 274 g/mol. The van der Waals surface area contributed by atoms with Gasteiger partial charge in [0.15, 0.2) is 0 Å². The smallest absolute Gasteiger partial charge is 0.433 e. The van der Waals surface area contributed by atoms with Crippen molar-refractivity contribution in [3.63, 3.8) is 0 Å². The molecule has 0 unspecified atom stereocenters. The molecule has 7 heteroatoms. The first-order valence-corrected chi connectivity index (χ1v) is 5.48. The molecule has 0 saturated heterocycles. The first kappa shape index (κ1) is 15.0. The Kier molecular flexibility index (Phi) is 4.91. The summed E-state index contributed by atoms with van der Waals surface area (Å²) < 4.78 is 42.6. The van der Waals surface area contributed by atoms with Gasteiger partial charge in [0.25, 0.3) is 5.91 Å². The minimum absolute atomic E-state index is 0.126. The number of carbonyl (C=O) groups is 1. The molecule has 1 aromatic rings. The van der Waals surface area contributed by atoms with Crippen LogP contribution in [0.25, 0.3) is 0 Å². The Morgan fingerprint density at radius 1 is 1.47 bits per heavy atom. The van der Waals surface area contributed by atoms with Crippen LogP contribution >= 0.6 is 0 Å². The maximum absolute atomic E-state index is 12.5. The number of halogens is 3. The average Bonchev–Trinajstić information content (AvgIpc) is 2.33. The largest absolute Gasteiger partial charge is 0.477 e. The quantitative estimate of drug-likeness (QED) is 0.640. The fourth-order valence-electron chi connectivity index (χ4n) is 1.29. The summed E-state index contributed by atoms with van der Waals surface area (Å²) in [4.78, 5) is 14.4. The van der Waals surface area contributed by atoms with Crippen LogP contribution < -0.4 is 10.5 Å². The van der Waals surface area contributed by atoms with Crippen LogP contribution in [-0.4, -0.2) is 17.5 Å².